The Kier molecular flexibility index (Phi) is 7.21. The van der Waals surface area contributed by atoms with Gasteiger partial charge in [-0.05, 0) is 66.9 Å². The molecule has 9 nitrogen and oxygen atoms in total. The largest absolute Gasteiger partial charge is 0.369 e. The Labute approximate surface area is 234 Å². The molecule has 40 heavy (non-hydrogen) atoms. The number of piperazine rings is 1. The van der Waals surface area contributed by atoms with Crippen molar-refractivity contribution in [3.8, 4) is 11.1 Å². The topological polar surface area (TPSA) is 97.9 Å². The molecule has 3 aromatic rings. The maximum atomic E-state index is 13.4. The van der Waals surface area contributed by atoms with Crippen LogP contribution in [0.2, 0.25) is 0 Å². The molecule has 0 aliphatic carbocycles. The van der Waals surface area contributed by atoms with Crippen molar-refractivity contribution in [3.63, 3.8) is 0 Å². The SMILES string of the molecule is CN1CCN(c2ccnc(C(=O)N3CCC[C@H](C(=O)Nc4cccc(-c5ccc6c(c5)C(=O)NC6)c4)C3)c2)CC1. The zero-order valence-electron chi connectivity index (χ0n) is 22.7. The van der Waals surface area contributed by atoms with Gasteiger partial charge in [0, 0.05) is 68.9 Å². The van der Waals surface area contributed by atoms with Crippen molar-refractivity contribution >= 4 is 29.1 Å². The third-order valence-corrected chi connectivity index (χ3v) is 8.17. The molecule has 6 rings (SSSR count). The minimum Gasteiger partial charge on any atom is -0.369 e. The van der Waals surface area contributed by atoms with Gasteiger partial charge in [-0.15, -0.1) is 0 Å². The molecule has 3 aliphatic rings. The number of piperidine rings is 1. The molecular formula is C31H34N6O3. The summed E-state index contributed by atoms with van der Waals surface area (Å²) in [6.07, 6.45) is 3.19. The van der Waals surface area contributed by atoms with Crippen molar-refractivity contribution in [2.75, 3.05) is 56.5 Å². The number of likely N-dealkylation sites (tertiary alicyclic amines) is 1. The lowest BCUT2D eigenvalue weighted by Gasteiger charge is -2.34. The second-order valence-corrected chi connectivity index (χ2v) is 10.9. The number of anilines is 2. The molecule has 206 valence electrons. The van der Waals surface area contributed by atoms with Gasteiger partial charge in [-0.2, -0.15) is 0 Å². The van der Waals surface area contributed by atoms with Crippen LogP contribution in [0, 0.1) is 5.92 Å². The molecule has 3 amide bonds. The second kappa shape index (κ2) is 11.1. The first kappa shape index (κ1) is 26.0. The lowest BCUT2D eigenvalue weighted by atomic mass is 9.96. The molecule has 2 fully saturated rings. The van der Waals surface area contributed by atoms with E-state index in [1.165, 1.54) is 0 Å². The number of fused-ring (bicyclic) bond motifs is 1. The van der Waals surface area contributed by atoms with Crippen LogP contribution in [-0.4, -0.2) is 78.8 Å². The number of benzene rings is 2. The third-order valence-electron chi connectivity index (χ3n) is 8.17. The highest BCUT2D eigenvalue weighted by molar-refractivity contribution is 6.00. The van der Waals surface area contributed by atoms with E-state index in [0.717, 1.165) is 61.4 Å². The van der Waals surface area contributed by atoms with Gasteiger partial charge in [0.05, 0.1) is 5.92 Å². The van der Waals surface area contributed by atoms with E-state index in [1.54, 1.807) is 11.1 Å². The van der Waals surface area contributed by atoms with Crippen LogP contribution in [0.3, 0.4) is 0 Å². The maximum absolute atomic E-state index is 13.4. The Bertz CT molecular complexity index is 1450. The first-order chi connectivity index (χ1) is 19.4. The van der Waals surface area contributed by atoms with Crippen LogP contribution in [0.15, 0.2) is 60.8 Å². The summed E-state index contributed by atoms with van der Waals surface area (Å²) >= 11 is 0. The number of likely N-dealkylation sites (N-methyl/N-ethyl adjacent to an activating group) is 1. The lowest BCUT2D eigenvalue weighted by molar-refractivity contribution is -0.121. The van der Waals surface area contributed by atoms with Crippen molar-refractivity contribution < 1.29 is 14.4 Å². The first-order valence-electron chi connectivity index (χ1n) is 14.0. The molecule has 4 heterocycles. The first-order valence-corrected chi connectivity index (χ1v) is 14.0. The van der Waals surface area contributed by atoms with Crippen LogP contribution < -0.4 is 15.5 Å². The molecule has 0 bridgehead atoms. The highest BCUT2D eigenvalue weighted by atomic mass is 16.2. The summed E-state index contributed by atoms with van der Waals surface area (Å²) < 4.78 is 0. The van der Waals surface area contributed by atoms with Gasteiger partial charge in [-0.25, -0.2) is 0 Å². The van der Waals surface area contributed by atoms with E-state index in [0.29, 0.717) is 36.6 Å². The summed E-state index contributed by atoms with van der Waals surface area (Å²) in [5.74, 6) is -0.580. The average Bonchev–Trinajstić information content (AvgIpc) is 3.37. The Hall–Kier alpha value is -4.24. The maximum Gasteiger partial charge on any atom is 0.272 e. The Balaban J connectivity index is 1.11. The minimum absolute atomic E-state index is 0.0565. The van der Waals surface area contributed by atoms with Crippen molar-refractivity contribution in [1.29, 1.82) is 0 Å². The highest BCUT2D eigenvalue weighted by Crippen LogP contribution is 2.28. The fourth-order valence-corrected chi connectivity index (χ4v) is 5.75. The molecule has 0 spiro atoms. The monoisotopic (exact) mass is 538 g/mol. The van der Waals surface area contributed by atoms with E-state index in [1.807, 2.05) is 54.6 Å². The highest BCUT2D eigenvalue weighted by Gasteiger charge is 2.30. The Morgan fingerprint density at radius 1 is 0.975 bits per heavy atom. The summed E-state index contributed by atoms with van der Waals surface area (Å²) in [4.78, 5) is 49.5. The lowest BCUT2D eigenvalue weighted by Crippen LogP contribution is -2.45. The van der Waals surface area contributed by atoms with Gasteiger partial charge in [0.15, 0.2) is 0 Å². The molecule has 2 aromatic carbocycles. The van der Waals surface area contributed by atoms with Gasteiger partial charge >= 0.3 is 0 Å². The number of nitrogens with one attached hydrogen (secondary N) is 2. The number of aromatic nitrogens is 1. The second-order valence-electron chi connectivity index (χ2n) is 10.9. The van der Waals surface area contributed by atoms with E-state index in [2.05, 4.69) is 32.5 Å². The van der Waals surface area contributed by atoms with Gasteiger partial charge in [-0.3, -0.25) is 19.4 Å². The summed E-state index contributed by atoms with van der Waals surface area (Å²) in [6.45, 7) is 5.36. The number of hydrogen-bond acceptors (Lipinski definition) is 6. The zero-order chi connectivity index (χ0) is 27.6. The number of rotatable bonds is 5. The van der Waals surface area contributed by atoms with Gasteiger partial charge < -0.3 is 25.3 Å². The van der Waals surface area contributed by atoms with Crippen LogP contribution in [0.4, 0.5) is 11.4 Å². The molecule has 1 aromatic heterocycles. The minimum atomic E-state index is -0.300. The third kappa shape index (κ3) is 5.42. The van der Waals surface area contributed by atoms with Gasteiger partial charge in [-0.1, -0.05) is 24.3 Å². The molecular weight excluding hydrogens is 504 g/mol. The van der Waals surface area contributed by atoms with E-state index >= 15 is 0 Å². The predicted octanol–water partition coefficient (Wildman–Crippen LogP) is 3.23. The number of carbonyl (C=O) groups excluding carboxylic acids is 3. The normalized spacial score (nSPS) is 19.2. The average molecular weight is 539 g/mol. The zero-order valence-corrected chi connectivity index (χ0v) is 22.7. The van der Waals surface area contributed by atoms with E-state index < -0.39 is 0 Å². The molecule has 0 saturated carbocycles. The van der Waals surface area contributed by atoms with Crippen LogP contribution >= 0.6 is 0 Å². The molecule has 2 N–H and O–H groups in total. The molecule has 3 aliphatic heterocycles. The Morgan fingerprint density at radius 2 is 1.80 bits per heavy atom. The number of amides is 3. The van der Waals surface area contributed by atoms with Crippen molar-refractivity contribution in [2.45, 2.75) is 19.4 Å². The van der Waals surface area contributed by atoms with Crippen molar-refractivity contribution in [3.05, 3.63) is 77.6 Å². The van der Waals surface area contributed by atoms with Gasteiger partial charge in [0.25, 0.3) is 11.8 Å². The number of carbonyl (C=O) groups is 3. The van der Waals surface area contributed by atoms with E-state index in [9.17, 15) is 14.4 Å². The summed E-state index contributed by atoms with van der Waals surface area (Å²) in [5, 5.41) is 5.90. The van der Waals surface area contributed by atoms with Crippen LogP contribution in [0.1, 0.15) is 39.3 Å². The van der Waals surface area contributed by atoms with Gasteiger partial charge in [0.1, 0.15) is 5.69 Å². The Morgan fingerprint density at radius 3 is 2.65 bits per heavy atom. The quantitative estimate of drug-likeness (QED) is 0.518. The van der Waals surface area contributed by atoms with Gasteiger partial charge in [0.2, 0.25) is 5.91 Å². The summed E-state index contributed by atoms with van der Waals surface area (Å²) in [7, 11) is 2.12. The predicted molar refractivity (Wildman–Crippen MR) is 154 cm³/mol. The molecule has 1 atom stereocenters. The van der Waals surface area contributed by atoms with Crippen molar-refractivity contribution in [1.82, 2.24) is 20.1 Å². The van der Waals surface area contributed by atoms with Crippen LogP contribution in [0.5, 0.6) is 0 Å². The standard InChI is InChI=1S/C31H34N6O3/c1-35-12-14-36(15-13-35)26-9-10-32-28(18-26)31(40)37-11-3-5-24(20-37)29(38)34-25-6-2-4-21(16-25)22-7-8-23-19-33-30(39)27(23)17-22/h2,4,6-10,16-18,24H,3,5,11-15,19-20H2,1H3,(H,33,39)(H,34,38)/t24-/m0/s1. The summed E-state index contributed by atoms with van der Waals surface area (Å²) in [6, 6.07) is 17.4. The van der Waals surface area contributed by atoms with Crippen LogP contribution in [0.25, 0.3) is 11.1 Å². The fourth-order valence-electron chi connectivity index (χ4n) is 5.75. The molecule has 2 saturated heterocycles. The van der Waals surface area contributed by atoms with Crippen molar-refractivity contribution in [2.24, 2.45) is 5.92 Å². The number of nitrogens with zero attached hydrogens (tertiary/aromatic N) is 4. The molecule has 0 unspecified atom stereocenters. The smallest absolute Gasteiger partial charge is 0.272 e. The fraction of sp³-hybridized carbons (Fsp3) is 0.355. The number of pyridine rings is 1. The molecule has 9 heteroatoms. The summed E-state index contributed by atoms with van der Waals surface area (Å²) in [5.41, 5.74) is 5.67. The van der Waals surface area contributed by atoms with E-state index in [-0.39, 0.29) is 23.6 Å². The van der Waals surface area contributed by atoms with E-state index in [4.69, 9.17) is 0 Å². The number of hydrogen-bond donors (Lipinski definition) is 2. The molecule has 0 radical (unpaired) electrons. The van der Waals surface area contributed by atoms with Crippen LogP contribution in [-0.2, 0) is 11.3 Å².